The molecule has 0 saturated heterocycles. The van der Waals surface area contributed by atoms with Gasteiger partial charge in [0.25, 0.3) is 0 Å². The van der Waals surface area contributed by atoms with Crippen LogP contribution in [-0.2, 0) is 11.2 Å². The average Bonchev–Trinajstić information content (AvgIpc) is 2.29. The predicted molar refractivity (Wildman–Crippen MR) is 64.5 cm³/mol. The van der Waals surface area contributed by atoms with Gasteiger partial charge in [0.05, 0.1) is 6.61 Å². The zero-order chi connectivity index (χ0) is 12.0. The molecule has 0 bridgehead atoms. The van der Waals surface area contributed by atoms with Crippen molar-refractivity contribution in [3.05, 3.63) is 23.8 Å². The second-order valence-corrected chi connectivity index (χ2v) is 4.23. The molecule has 4 nitrogen and oxygen atoms in total. The van der Waals surface area contributed by atoms with Crippen molar-refractivity contribution in [2.45, 2.75) is 32.2 Å². The summed E-state index contributed by atoms with van der Waals surface area (Å²) in [5.41, 5.74) is 2.16. The maximum atomic E-state index is 5.14. The lowest BCUT2D eigenvalue weighted by Gasteiger charge is -2.15. The highest BCUT2D eigenvalue weighted by atomic mass is 16.5. The van der Waals surface area contributed by atoms with Crippen LogP contribution in [0, 0.1) is 0 Å². The largest absolute Gasteiger partial charge is 0.383 e. The molecule has 0 fully saturated rings. The van der Waals surface area contributed by atoms with Crippen molar-refractivity contribution in [1.29, 1.82) is 0 Å². The molecule has 1 unspecified atom stereocenters. The van der Waals surface area contributed by atoms with Crippen molar-refractivity contribution in [3.8, 4) is 0 Å². The lowest BCUT2D eigenvalue weighted by Crippen LogP contribution is -2.32. The number of ether oxygens (including phenoxy) is 1. The molecule has 0 aromatic carbocycles. The maximum Gasteiger partial charge on any atom is 0.115 e. The predicted octanol–water partition coefficient (Wildman–Crippen LogP) is 1.38. The van der Waals surface area contributed by atoms with Crippen molar-refractivity contribution in [2.75, 3.05) is 20.8 Å². The molecule has 16 heavy (non-hydrogen) atoms. The van der Waals surface area contributed by atoms with Gasteiger partial charge in [-0.05, 0) is 19.0 Å². The number of likely N-dealkylation sites (N-methyl/N-ethyl adjacent to an activating group) is 1. The molecule has 0 spiro atoms. The third-order valence-corrected chi connectivity index (χ3v) is 2.57. The first-order valence-corrected chi connectivity index (χ1v) is 5.64. The molecule has 0 saturated carbocycles. The lowest BCUT2D eigenvalue weighted by molar-refractivity contribution is 0.169. The maximum absolute atomic E-state index is 5.14. The fourth-order valence-corrected chi connectivity index (χ4v) is 1.54. The summed E-state index contributed by atoms with van der Waals surface area (Å²) in [6.45, 7) is 4.96. The van der Waals surface area contributed by atoms with Crippen molar-refractivity contribution >= 4 is 0 Å². The highest BCUT2D eigenvalue weighted by molar-refractivity contribution is 5.12. The van der Waals surface area contributed by atoms with Crippen LogP contribution in [0.15, 0.2) is 12.4 Å². The van der Waals surface area contributed by atoms with Gasteiger partial charge in [0.1, 0.15) is 6.33 Å². The van der Waals surface area contributed by atoms with E-state index < -0.39 is 0 Å². The van der Waals surface area contributed by atoms with Gasteiger partial charge >= 0.3 is 0 Å². The Kier molecular flexibility index (Phi) is 5.35. The molecule has 1 heterocycles. The standard InChI is InChI=1S/C12H21N3O/c1-9(2)12-6-10(14-8-15-12)5-11(13-3)7-16-4/h6,8-9,11,13H,5,7H2,1-4H3. The fourth-order valence-electron chi connectivity index (χ4n) is 1.54. The lowest BCUT2D eigenvalue weighted by atomic mass is 10.1. The van der Waals surface area contributed by atoms with E-state index in [0.717, 1.165) is 17.8 Å². The number of hydrogen-bond acceptors (Lipinski definition) is 4. The highest BCUT2D eigenvalue weighted by Gasteiger charge is 2.09. The summed E-state index contributed by atoms with van der Waals surface area (Å²) in [7, 11) is 3.65. The van der Waals surface area contributed by atoms with Gasteiger partial charge in [0.2, 0.25) is 0 Å². The smallest absolute Gasteiger partial charge is 0.115 e. The first-order chi connectivity index (χ1) is 7.67. The zero-order valence-electron chi connectivity index (χ0n) is 10.5. The summed E-state index contributed by atoms with van der Waals surface area (Å²) in [6.07, 6.45) is 2.51. The monoisotopic (exact) mass is 223 g/mol. The Morgan fingerprint density at radius 1 is 1.38 bits per heavy atom. The Balaban J connectivity index is 2.68. The molecule has 1 aromatic rings. The Labute approximate surface area is 97.5 Å². The molecule has 0 amide bonds. The minimum absolute atomic E-state index is 0.305. The van der Waals surface area contributed by atoms with E-state index in [9.17, 15) is 0 Å². The van der Waals surface area contributed by atoms with Gasteiger partial charge in [-0.25, -0.2) is 9.97 Å². The number of rotatable bonds is 6. The quantitative estimate of drug-likeness (QED) is 0.791. The summed E-state index contributed by atoms with van der Waals surface area (Å²) in [4.78, 5) is 8.54. The molecule has 0 aliphatic heterocycles. The third kappa shape index (κ3) is 3.87. The average molecular weight is 223 g/mol. The van der Waals surface area contributed by atoms with Gasteiger partial charge in [-0.2, -0.15) is 0 Å². The molecule has 0 aliphatic carbocycles. The Morgan fingerprint density at radius 2 is 2.12 bits per heavy atom. The van der Waals surface area contributed by atoms with Gasteiger partial charge in [-0.1, -0.05) is 13.8 Å². The van der Waals surface area contributed by atoms with Gasteiger partial charge in [-0.3, -0.25) is 0 Å². The molecule has 1 atom stereocenters. The molecule has 90 valence electrons. The topological polar surface area (TPSA) is 47.0 Å². The molecule has 4 heteroatoms. The minimum Gasteiger partial charge on any atom is -0.383 e. The van der Waals surface area contributed by atoms with Crippen LogP contribution in [0.4, 0.5) is 0 Å². The van der Waals surface area contributed by atoms with Crippen molar-refractivity contribution in [3.63, 3.8) is 0 Å². The second-order valence-electron chi connectivity index (χ2n) is 4.23. The van der Waals surface area contributed by atoms with E-state index in [4.69, 9.17) is 4.74 Å². The fraction of sp³-hybridized carbons (Fsp3) is 0.667. The number of aromatic nitrogens is 2. The van der Waals surface area contributed by atoms with Crippen LogP contribution in [0.1, 0.15) is 31.2 Å². The molecular weight excluding hydrogens is 202 g/mol. The molecule has 0 radical (unpaired) electrons. The van der Waals surface area contributed by atoms with Gasteiger partial charge in [0, 0.05) is 31.0 Å². The first-order valence-electron chi connectivity index (χ1n) is 5.64. The third-order valence-electron chi connectivity index (χ3n) is 2.57. The Morgan fingerprint density at radius 3 is 2.69 bits per heavy atom. The van der Waals surface area contributed by atoms with Crippen molar-refractivity contribution in [1.82, 2.24) is 15.3 Å². The number of nitrogens with one attached hydrogen (secondary N) is 1. The number of hydrogen-bond donors (Lipinski definition) is 1. The number of nitrogens with zero attached hydrogens (tertiary/aromatic N) is 2. The van der Waals surface area contributed by atoms with Crippen LogP contribution in [0.3, 0.4) is 0 Å². The first kappa shape index (κ1) is 13.1. The molecule has 1 N–H and O–H groups in total. The van der Waals surface area contributed by atoms with Crippen LogP contribution in [0.5, 0.6) is 0 Å². The van der Waals surface area contributed by atoms with E-state index in [1.54, 1.807) is 13.4 Å². The summed E-state index contributed by atoms with van der Waals surface area (Å²) < 4.78 is 5.14. The van der Waals surface area contributed by atoms with E-state index in [1.165, 1.54) is 0 Å². The molecule has 0 aliphatic rings. The normalized spacial score (nSPS) is 13.1. The molecular formula is C12H21N3O. The van der Waals surface area contributed by atoms with Crippen LogP contribution in [-0.4, -0.2) is 36.8 Å². The van der Waals surface area contributed by atoms with Crippen LogP contribution in [0.2, 0.25) is 0 Å². The number of methoxy groups -OCH3 is 1. The van der Waals surface area contributed by atoms with Crippen molar-refractivity contribution < 1.29 is 4.74 Å². The van der Waals surface area contributed by atoms with Crippen LogP contribution < -0.4 is 5.32 Å². The zero-order valence-corrected chi connectivity index (χ0v) is 10.5. The van der Waals surface area contributed by atoms with Crippen molar-refractivity contribution in [2.24, 2.45) is 0 Å². The van der Waals surface area contributed by atoms with Gasteiger partial charge in [0.15, 0.2) is 0 Å². The summed E-state index contributed by atoms with van der Waals surface area (Å²) in [5.74, 6) is 0.442. The van der Waals surface area contributed by atoms with Crippen LogP contribution >= 0.6 is 0 Å². The van der Waals surface area contributed by atoms with Crippen LogP contribution in [0.25, 0.3) is 0 Å². The Hall–Kier alpha value is -1.00. The summed E-state index contributed by atoms with van der Waals surface area (Å²) in [6, 6.07) is 2.38. The summed E-state index contributed by atoms with van der Waals surface area (Å²) >= 11 is 0. The SMILES string of the molecule is CNC(COC)Cc1cc(C(C)C)ncn1. The molecule has 1 rings (SSSR count). The van der Waals surface area contributed by atoms with E-state index in [2.05, 4.69) is 35.2 Å². The van der Waals surface area contributed by atoms with E-state index in [-0.39, 0.29) is 0 Å². The minimum atomic E-state index is 0.305. The summed E-state index contributed by atoms with van der Waals surface area (Å²) in [5, 5.41) is 3.21. The Bertz CT molecular complexity index is 315. The van der Waals surface area contributed by atoms with Gasteiger partial charge in [-0.15, -0.1) is 0 Å². The van der Waals surface area contributed by atoms with E-state index in [0.29, 0.717) is 18.6 Å². The highest BCUT2D eigenvalue weighted by Crippen LogP contribution is 2.11. The molecule has 1 aromatic heterocycles. The second kappa shape index (κ2) is 6.55. The van der Waals surface area contributed by atoms with Gasteiger partial charge < -0.3 is 10.1 Å². The van der Waals surface area contributed by atoms with E-state index in [1.807, 2.05) is 7.05 Å². The van der Waals surface area contributed by atoms with E-state index >= 15 is 0 Å².